The zero-order valence-corrected chi connectivity index (χ0v) is 12.8. The summed E-state index contributed by atoms with van der Waals surface area (Å²) in [4.78, 5) is 11.1. The SMILES string of the molecule is Cc1cc(C(N)=O)ccc1CNC1CCC(C)C(C)C1. The second-order valence-electron chi connectivity index (χ2n) is 6.35. The molecule has 1 fully saturated rings. The molecule has 3 unspecified atom stereocenters. The van der Waals surface area contributed by atoms with Gasteiger partial charge in [0.2, 0.25) is 5.91 Å². The van der Waals surface area contributed by atoms with E-state index < -0.39 is 0 Å². The highest BCUT2D eigenvalue weighted by Crippen LogP contribution is 2.29. The minimum atomic E-state index is -0.359. The quantitative estimate of drug-likeness (QED) is 0.886. The van der Waals surface area contributed by atoms with E-state index in [2.05, 4.69) is 19.2 Å². The van der Waals surface area contributed by atoms with Crippen LogP contribution < -0.4 is 11.1 Å². The lowest BCUT2D eigenvalue weighted by Gasteiger charge is -2.32. The van der Waals surface area contributed by atoms with Gasteiger partial charge in [-0.25, -0.2) is 0 Å². The fraction of sp³-hybridized carbons (Fsp3) is 0.588. The first-order valence-corrected chi connectivity index (χ1v) is 7.60. The summed E-state index contributed by atoms with van der Waals surface area (Å²) in [6.45, 7) is 7.62. The highest BCUT2D eigenvalue weighted by Gasteiger charge is 2.24. The van der Waals surface area contributed by atoms with E-state index in [1.165, 1.54) is 24.8 Å². The maximum absolute atomic E-state index is 11.1. The summed E-state index contributed by atoms with van der Waals surface area (Å²) in [6, 6.07) is 6.33. The van der Waals surface area contributed by atoms with Crippen molar-refractivity contribution in [2.24, 2.45) is 17.6 Å². The third-order valence-corrected chi connectivity index (χ3v) is 4.81. The Labute approximate surface area is 121 Å². The molecule has 0 bridgehead atoms. The van der Waals surface area contributed by atoms with Crippen molar-refractivity contribution in [3.05, 3.63) is 34.9 Å². The van der Waals surface area contributed by atoms with Crippen LogP contribution in [0.15, 0.2) is 18.2 Å². The number of primary amides is 1. The number of hydrogen-bond acceptors (Lipinski definition) is 2. The summed E-state index contributed by atoms with van der Waals surface area (Å²) < 4.78 is 0. The summed E-state index contributed by atoms with van der Waals surface area (Å²) in [5, 5.41) is 3.66. The van der Waals surface area contributed by atoms with Crippen molar-refractivity contribution < 1.29 is 4.79 Å². The minimum Gasteiger partial charge on any atom is -0.366 e. The Kier molecular flexibility index (Phi) is 4.81. The van der Waals surface area contributed by atoms with Gasteiger partial charge in [0.15, 0.2) is 0 Å². The molecule has 1 saturated carbocycles. The van der Waals surface area contributed by atoms with Gasteiger partial charge in [-0.15, -0.1) is 0 Å². The molecule has 1 aliphatic carbocycles. The molecule has 2 rings (SSSR count). The molecule has 0 saturated heterocycles. The first kappa shape index (κ1) is 15.0. The minimum absolute atomic E-state index is 0.359. The molecule has 1 aromatic rings. The third-order valence-electron chi connectivity index (χ3n) is 4.81. The van der Waals surface area contributed by atoms with Crippen LogP contribution in [0.3, 0.4) is 0 Å². The highest BCUT2D eigenvalue weighted by atomic mass is 16.1. The first-order valence-electron chi connectivity index (χ1n) is 7.60. The lowest BCUT2D eigenvalue weighted by Crippen LogP contribution is -2.35. The van der Waals surface area contributed by atoms with E-state index in [9.17, 15) is 4.79 Å². The topological polar surface area (TPSA) is 55.1 Å². The fourth-order valence-corrected chi connectivity index (χ4v) is 3.03. The molecule has 0 aliphatic heterocycles. The molecule has 3 nitrogen and oxygen atoms in total. The third kappa shape index (κ3) is 3.60. The van der Waals surface area contributed by atoms with Gasteiger partial charge in [0.25, 0.3) is 0 Å². The summed E-state index contributed by atoms with van der Waals surface area (Å²) in [6.07, 6.45) is 3.85. The number of amides is 1. The molecule has 0 heterocycles. The molecule has 3 N–H and O–H groups in total. The number of aryl methyl sites for hydroxylation is 1. The van der Waals surface area contributed by atoms with Gasteiger partial charge in [-0.1, -0.05) is 19.9 Å². The van der Waals surface area contributed by atoms with Gasteiger partial charge in [0.1, 0.15) is 0 Å². The van der Waals surface area contributed by atoms with Crippen LogP contribution in [0.1, 0.15) is 54.6 Å². The van der Waals surface area contributed by atoms with Crippen LogP contribution in [0.5, 0.6) is 0 Å². The van der Waals surface area contributed by atoms with Crippen molar-refractivity contribution in [3.63, 3.8) is 0 Å². The van der Waals surface area contributed by atoms with Gasteiger partial charge in [0.05, 0.1) is 0 Å². The van der Waals surface area contributed by atoms with Crippen LogP contribution in [0, 0.1) is 18.8 Å². The van der Waals surface area contributed by atoms with Gasteiger partial charge in [-0.05, 0) is 61.3 Å². The van der Waals surface area contributed by atoms with Crippen molar-refractivity contribution >= 4 is 5.91 Å². The Morgan fingerprint density at radius 2 is 2.05 bits per heavy atom. The van der Waals surface area contributed by atoms with Crippen LogP contribution in [0.2, 0.25) is 0 Å². The van der Waals surface area contributed by atoms with Gasteiger partial charge in [-0.3, -0.25) is 4.79 Å². The molecule has 20 heavy (non-hydrogen) atoms. The Morgan fingerprint density at radius 3 is 2.65 bits per heavy atom. The van der Waals surface area contributed by atoms with E-state index in [1.54, 1.807) is 0 Å². The number of carbonyl (C=O) groups is 1. The van der Waals surface area contributed by atoms with Crippen LogP contribution in [-0.4, -0.2) is 11.9 Å². The molecule has 1 aliphatic rings. The lowest BCUT2D eigenvalue weighted by atomic mass is 9.79. The molecular weight excluding hydrogens is 248 g/mol. The standard InChI is InChI=1S/C17H26N2O/c1-11-4-7-16(9-12(11)2)19-10-15-6-5-14(17(18)20)8-13(15)3/h5-6,8,11-12,16,19H,4,7,9-10H2,1-3H3,(H2,18,20). The fourth-order valence-electron chi connectivity index (χ4n) is 3.03. The van der Waals surface area contributed by atoms with Crippen molar-refractivity contribution in [2.75, 3.05) is 0 Å². The molecule has 110 valence electrons. The molecule has 3 heteroatoms. The number of hydrogen-bond donors (Lipinski definition) is 2. The maximum atomic E-state index is 11.1. The average molecular weight is 274 g/mol. The largest absolute Gasteiger partial charge is 0.366 e. The van der Waals surface area contributed by atoms with Crippen LogP contribution in [-0.2, 0) is 6.54 Å². The molecule has 1 aromatic carbocycles. The van der Waals surface area contributed by atoms with Gasteiger partial charge >= 0.3 is 0 Å². The molecule has 0 spiro atoms. The second kappa shape index (κ2) is 6.40. The van der Waals surface area contributed by atoms with Crippen LogP contribution in [0.4, 0.5) is 0 Å². The molecule has 0 aromatic heterocycles. The van der Waals surface area contributed by atoms with E-state index in [4.69, 9.17) is 5.73 Å². The summed E-state index contributed by atoms with van der Waals surface area (Å²) >= 11 is 0. The molecule has 0 radical (unpaired) electrons. The van der Waals surface area contributed by atoms with Gasteiger partial charge < -0.3 is 11.1 Å². The van der Waals surface area contributed by atoms with Gasteiger partial charge in [0, 0.05) is 18.2 Å². The number of carbonyl (C=O) groups excluding carboxylic acids is 1. The van der Waals surface area contributed by atoms with Gasteiger partial charge in [-0.2, -0.15) is 0 Å². The Hall–Kier alpha value is -1.35. The zero-order chi connectivity index (χ0) is 14.7. The molecule has 3 atom stereocenters. The van der Waals surface area contributed by atoms with Crippen LogP contribution in [0.25, 0.3) is 0 Å². The summed E-state index contributed by atoms with van der Waals surface area (Å²) in [7, 11) is 0. The Morgan fingerprint density at radius 1 is 1.30 bits per heavy atom. The van der Waals surface area contributed by atoms with Crippen molar-refractivity contribution in [1.82, 2.24) is 5.32 Å². The first-order chi connectivity index (χ1) is 9.47. The molecule has 1 amide bonds. The number of rotatable bonds is 4. The predicted molar refractivity (Wildman–Crippen MR) is 82.5 cm³/mol. The van der Waals surface area contributed by atoms with E-state index >= 15 is 0 Å². The predicted octanol–water partition coefficient (Wildman–Crippen LogP) is 3.01. The number of nitrogens with two attached hydrogens (primary N) is 1. The van der Waals surface area contributed by atoms with E-state index in [1.807, 2.05) is 25.1 Å². The highest BCUT2D eigenvalue weighted by molar-refractivity contribution is 5.93. The smallest absolute Gasteiger partial charge is 0.248 e. The monoisotopic (exact) mass is 274 g/mol. The molecular formula is C17H26N2O. The summed E-state index contributed by atoms with van der Waals surface area (Å²) in [5.74, 6) is 1.30. The van der Waals surface area contributed by atoms with E-state index in [-0.39, 0.29) is 5.91 Å². The number of nitrogens with one attached hydrogen (secondary N) is 1. The van der Waals surface area contributed by atoms with E-state index in [0.717, 1.165) is 23.9 Å². The number of benzene rings is 1. The van der Waals surface area contributed by atoms with E-state index in [0.29, 0.717) is 11.6 Å². The van der Waals surface area contributed by atoms with Crippen molar-refractivity contribution in [1.29, 1.82) is 0 Å². The lowest BCUT2D eigenvalue weighted by molar-refractivity contribution is 0.1000. The van der Waals surface area contributed by atoms with Crippen LogP contribution >= 0.6 is 0 Å². The maximum Gasteiger partial charge on any atom is 0.248 e. The van der Waals surface area contributed by atoms with Crippen molar-refractivity contribution in [2.45, 2.75) is 52.6 Å². The van der Waals surface area contributed by atoms with Crippen molar-refractivity contribution in [3.8, 4) is 0 Å². The average Bonchev–Trinajstić information content (AvgIpc) is 2.41. The second-order valence-corrected chi connectivity index (χ2v) is 6.35. The zero-order valence-electron chi connectivity index (χ0n) is 12.8. The Balaban J connectivity index is 1.93. The normalized spacial score (nSPS) is 26.4. The Bertz CT molecular complexity index is 484. The summed E-state index contributed by atoms with van der Waals surface area (Å²) in [5.41, 5.74) is 8.27.